The van der Waals surface area contributed by atoms with Crippen LogP contribution in [0.1, 0.15) is 226 Å². The van der Waals surface area contributed by atoms with Crippen LogP contribution in [0.4, 0.5) is 0 Å². The van der Waals surface area contributed by atoms with Crippen molar-refractivity contribution in [2.75, 3.05) is 26.4 Å². The lowest BCUT2D eigenvalue weighted by molar-refractivity contribution is -0.161. The maximum Gasteiger partial charge on any atom is 0.472 e. The minimum absolute atomic E-state index is 0.122. The number of phosphoric acid groups is 1. The molecule has 70 heavy (non-hydrogen) atoms. The predicted octanol–water partition coefficient (Wildman–Crippen LogP) is 15.9. The third kappa shape index (κ3) is 49.6. The van der Waals surface area contributed by atoms with E-state index in [0.717, 1.165) is 109 Å². The first-order valence-corrected chi connectivity index (χ1v) is 29.0. The third-order valence-electron chi connectivity index (χ3n) is 11.3. The van der Waals surface area contributed by atoms with Gasteiger partial charge in [-0.25, -0.2) is 4.57 Å². The fourth-order valence-corrected chi connectivity index (χ4v) is 7.90. The number of esters is 3. The first-order chi connectivity index (χ1) is 34.2. The van der Waals surface area contributed by atoms with Gasteiger partial charge in [0, 0.05) is 19.3 Å². The van der Waals surface area contributed by atoms with Crippen LogP contribution in [-0.2, 0) is 42.2 Å². The zero-order chi connectivity index (χ0) is 51.3. The number of rotatable bonds is 50. The molecule has 0 spiro atoms. The number of hydrogen-bond acceptors (Lipinski definition) is 10. The fourth-order valence-electron chi connectivity index (χ4n) is 7.12. The van der Waals surface area contributed by atoms with Gasteiger partial charge in [-0.15, -0.1) is 0 Å². The average Bonchev–Trinajstić information content (AvgIpc) is 3.35. The first-order valence-electron chi connectivity index (χ1n) is 27.5. The molecule has 0 amide bonds. The van der Waals surface area contributed by atoms with Gasteiger partial charge in [0.2, 0.25) is 0 Å². The van der Waals surface area contributed by atoms with Crippen molar-refractivity contribution < 1.29 is 52.2 Å². The summed E-state index contributed by atoms with van der Waals surface area (Å²) < 4.78 is 39.3. The molecule has 2 N–H and O–H groups in total. The van der Waals surface area contributed by atoms with Crippen molar-refractivity contribution in [3.05, 3.63) is 85.1 Å². The maximum atomic E-state index is 12.9. The Bertz CT molecular complexity index is 1500. The summed E-state index contributed by atoms with van der Waals surface area (Å²) in [5.41, 5.74) is 0. The van der Waals surface area contributed by atoms with Gasteiger partial charge in [0.25, 0.3) is 0 Å². The van der Waals surface area contributed by atoms with E-state index in [0.29, 0.717) is 19.3 Å². The Hall–Kier alpha value is -3.34. The number of hydrogen-bond donors (Lipinski definition) is 2. The second-order valence-corrected chi connectivity index (χ2v) is 19.5. The van der Waals surface area contributed by atoms with Gasteiger partial charge < -0.3 is 24.2 Å². The van der Waals surface area contributed by atoms with Gasteiger partial charge in [0.1, 0.15) is 12.7 Å². The molecule has 0 aromatic heterocycles. The van der Waals surface area contributed by atoms with E-state index in [1.807, 2.05) is 0 Å². The Balaban J connectivity index is 4.73. The lowest BCUT2D eigenvalue weighted by atomic mass is 10.1. The highest BCUT2D eigenvalue weighted by atomic mass is 31.2. The lowest BCUT2D eigenvalue weighted by Crippen LogP contribution is -2.30. The van der Waals surface area contributed by atoms with Gasteiger partial charge in [0.05, 0.1) is 19.8 Å². The van der Waals surface area contributed by atoms with Crippen LogP contribution in [0.2, 0.25) is 0 Å². The van der Waals surface area contributed by atoms with Gasteiger partial charge >= 0.3 is 25.7 Å². The monoisotopic (exact) mass is 1000 g/mol. The van der Waals surface area contributed by atoms with Gasteiger partial charge in [-0.2, -0.15) is 0 Å². The van der Waals surface area contributed by atoms with Crippen LogP contribution in [0.25, 0.3) is 0 Å². The molecule has 0 heterocycles. The summed E-state index contributed by atoms with van der Waals surface area (Å²) in [5, 5.41) is 9.78. The molecule has 0 aliphatic heterocycles. The quantitative estimate of drug-likeness (QED) is 0.0197. The lowest BCUT2D eigenvalue weighted by Gasteiger charge is -2.21. The number of aliphatic hydroxyl groups is 1. The number of carbonyl (C=O) groups is 3. The van der Waals surface area contributed by atoms with Crippen LogP contribution < -0.4 is 0 Å². The smallest absolute Gasteiger partial charge is 0.462 e. The largest absolute Gasteiger partial charge is 0.472 e. The Kier molecular flexibility index (Phi) is 49.5. The average molecular weight is 1000 g/mol. The van der Waals surface area contributed by atoms with Crippen molar-refractivity contribution in [3.8, 4) is 0 Å². The van der Waals surface area contributed by atoms with E-state index < -0.39 is 57.8 Å². The number of ether oxygens (including phenoxy) is 3. The molecule has 0 bridgehead atoms. The number of carbonyl (C=O) groups excluding carboxylic acids is 3. The molecule has 12 heteroatoms. The van der Waals surface area contributed by atoms with Crippen molar-refractivity contribution in [1.29, 1.82) is 0 Å². The first kappa shape index (κ1) is 66.7. The highest BCUT2D eigenvalue weighted by molar-refractivity contribution is 7.47. The number of unbranched alkanes of at least 4 members (excludes halogenated alkanes) is 19. The molecule has 0 radical (unpaired) electrons. The van der Waals surface area contributed by atoms with Crippen LogP contribution in [0.3, 0.4) is 0 Å². The van der Waals surface area contributed by atoms with E-state index in [4.69, 9.17) is 23.3 Å². The van der Waals surface area contributed by atoms with E-state index in [1.54, 1.807) is 0 Å². The van der Waals surface area contributed by atoms with Gasteiger partial charge in [-0.3, -0.25) is 23.4 Å². The van der Waals surface area contributed by atoms with Gasteiger partial charge in [0.15, 0.2) is 6.10 Å². The molecule has 0 saturated heterocycles. The maximum absolute atomic E-state index is 12.9. The Morgan fingerprint density at radius 2 is 0.743 bits per heavy atom. The molecule has 0 aliphatic carbocycles. The van der Waals surface area contributed by atoms with E-state index in [2.05, 4.69) is 106 Å². The summed E-state index contributed by atoms with van der Waals surface area (Å²) in [6, 6.07) is 0. The molecule has 3 unspecified atom stereocenters. The molecular weight excluding hydrogens is 904 g/mol. The van der Waals surface area contributed by atoms with Crippen LogP contribution in [0.5, 0.6) is 0 Å². The molecule has 0 aromatic carbocycles. The van der Waals surface area contributed by atoms with Crippen LogP contribution >= 0.6 is 7.82 Å². The van der Waals surface area contributed by atoms with E-state index >= 15 is 0 Å². The van der Waals surface area contributed by atoms with Crippen molar-refractivity contribution in [1.82, 2.24) is 0 Å². The molecule has 0 aliphatic rings. The van der Waals surface area contributed by atoms with Crippen molar-refractivity contribution in [3.63, 3.8) is 0 Å². The van der Waals surface area contributed by atoms with Crippen molar-refractivity contribution in [2.24, 2.45) is 0 Å². The standard InChI is InChI=1S/C58H99O11P/c1-4-7-10-13-16-19-21-23-25-26-27-28-30-32-34-37-40-43-46-49-58(62)69-55(51-65-56(60)47-44-41-38-35-18-15-12-9-6-3)53-67-70(63,64)66-52-54(50-59)68-57(61)48-45-42-39-36-33-31-29-24-22-20-17-14-11-8-5-2/h8,11,16-17,19-20,23-25,27-29,33,36,54-55,59H,4-7,9-10,12-15,18,21-22,26,30-32,34-35,37-53H2,1-3H3,(H,63,64)/b11-8-,19-16-,20-17-,25-23-,28-27-,29-24-,36-33-. The van der Waals surface area contributed by atoms with Crippen LogP contribution in [0.15, 0.2) is 85.1 Å². The zero-order valence-corrected chi connectivity index (χ0v) is 45.1. The minimum Gasteiger partial charge on any atom is -0.462 e. The summed E-state index contributed by atoms with van der Waals surface area (Å²) in [6.45, 7) is 4.41. The highest BCUT2D eigenvalue weighted by Gasteiger charge is 2.28. The van der Waals surface area contributed by atoms with E-state index in [9.17, 15) is 28.9 Å². The molecule has 3 atom stereocenters. The van der Waals surface area contributed by atoms with E-state index in [-0.39, 0.29) is 25.9 Å². The highest BCUT2D eigenvalue weighted by Crippen LogP contribution is 2.43. The van der Waals surface area contributed by atoms with E-state index in [1.165, 1.54) is 57.8 Å². The van der Waals surface area contributed by atoms with Crippen molar-refractivity contribution in [2.45, 2.75) is 238 Å². The van der Waals surface area contributed by atoms with Gasteiger partial charge in [-0.1, -0.05) is 196 Å². The molecule has 0 fully saturated rings. The second kappa shape index (κ2) is 52.0. The Morgan fingerprint density at radius 3 is 1.20 bits per heavy atom. The molecular formula is C58H99O11P. The van der Waals surface area contributed by atoms with Crippen molar-refractivity contribution >= 4 is 25.7 Å². The zero-order valence-electron chi connectivity index (χ0n) is 44.2. The minimum atomic E-state index is -4.76. The second-order valence-electron chi connectivity index (χ2n) is 18.0. The number of phosphoric ester groups is 1. The number of allylic oxidation sites excluding steroid dienone is 14. The normalized spacial score (nSPS) is 14.1. The summed E-state index contributed by atoms with van der Waals surface area (Å²) >= 11 is 0. The predicted molar refractivity (Wildman–Crippen MR) is 288 cm³/mol. The molecule has 0 saturated carbocycles. The Labute approximate surface area is 426 Å². The number of aliphatic hydroxyl groups excluding tert-OH is 1. The molecule has 402 valence electrons. The SMILES string of the molecule is CC/C=C\C/C=C\C/C=C\C/C=C\CCCCC(=O)OC(CO)COP(=O)(O)OCC(COC(=O)CCCCCCCCCCC)OC(=O)CCCCCCCC/C=C\C/C=C\C/C=C\CCCCC. The molecule has 0 rings (SSSR count). The van der Waals surface area contributed by atoms with Gasteiger partial charge in [-0.05, 0) is 96.3 Å². The topological polar surface area (TPSA) is 155 Å². The Morgan fingerprint density at radius 1 is 0.414 bits per heavy atom. The summed E-state index contributed by atoms with van der Waals surface area (Å²) in [5.74, 6) is -1.53. The fraction of sp³-hybridized carbons (Fsp3) is 0.707. The third-order valence-corrected chi connectivity index (χ3v) is 12.3. The van der Waals surface area contributed by atoms with Crippen LogP contribution in [-0.4, -0.2) is 66.5 Å². The molecule has 11 nitrogen and oxygen atoms in total. The molecule has 0 aromatic rings. The summed E-state index contributed by atoms with van der Waals surface area (Å²) in [6.07, 6.45) is 58.4. The summed E-state index contributed by atoms with van der Waals surface area (Å²) in [4.78, 5) is 48.3. The van der Waals surface area contributed by atoms with Crippen LogP contribution in [0, 0.1) is 0 Å². The summed E-state index contributed by atoms with van der Waals surface area (Å²) in [7, 11) is -4.76.